The van der Waals surface area contributed by atoms with Crippen molar-refractivity contribution in [1.82, 2.24) is 0 Å². The first-order valence-electron chi connectivity index (χ1n) is 6.36. The van der Waals surface area contributed by atoms with E-state index in [-0.39, 0.29) is 5.79 Å². The molecule has 1 atom stereocenters. The largest absolute Gasteiger partial charge is 0.347 e. The van der Waals surface area contributed by atoms with Crippen molar-refractivity contribution in [2.75, 3.05) is 13.2 Å². The van der Waals surface area contributed by atoms with E-state index in [1.807, 2.05) is 11.8 Å². The third-order valence-corrected chi connectivity index (χ3v) is 4.76. The summed E-state index contributed by atoms with van der Waals surface area (Å²) in [4.78, 5) is 1.35. The molecule has 0 unspecified atom stereocenters. The van der Waals surface area contributed by atoms with Gasteiger partial charge in [-0.1, -0.05) is 18.2 Å². The van der Waals surface area contributed by atoms with E-state index in [0.29, 0.717) is 5.25 Å². The minimum Gasteiger partial charge on any atom is -0.347 e. The normalized spacial score (nSPS) is 27.4. The minimum absolute atomic E-state index is 0.245. The van der Waals surface area contributed by atoms with Gasteiger partial charge in [-0.25, -0.2) is 0 Å². The SMILES string of the molecule is c1ccc(S[C@@H]2CCCC3(C2)OCCO3)cc1. The molecule has 1 heterocycles. The van der Waals surface area contributed by atoms with Gasteiger partial charge in [0.05, 0.1) is 13.2 Å². The van der Waals surface area contributed by atoms with E-state index < -0.39 is 0 Å². The smallest absolute Gasteiger partial charge is 0.169 e. The van der Waals surface area contributed by atoms with Crippen LogP contribution in [0.15, 0.2) is 35.2 Å². The highest BCUT2D eigenvalue weighted by Crippen LogP contribution is 2.42. The molecule has 2 fully saturated rings. The number of benzene rings is 1. The molecule has 1 aliphatic carbocycles. The quantitative estimate of drug-likeness (QED) is 0.801. The fourth-order valence-corrected chi connectivity index (χ4v) is 4.02. The summed E-state index contributed by atoms with van der Waals surface area (Å²) < 4.78 is 11.6. The van der Waals surface area contributed by atoms with Gasteiger partial charge in [0.1, 0.15) is 0 Å². The Hall–Kier alpha value is -0.510. The summed E-state index contributed by atoms with van der Waals surface area (Å²) in [6.07, 6.45) is 4.59. The van der Waals surface area contributed by atoms with E-state index >= 15 is 0 Å². The van der Waals surface area contributed by atoms with Gasteiger partial charge in [-0.15, -0.1) is 11.8 Å². The molecule has 92 valence electrons. The third kappa shape index (κ3) is 2.67. The van der Waals surface area contributed by atoms with Gasteiger partial charge in [-0.3, -0.25) is 0 Å². The molecule has 1 saturated heterocycles. The molecule has 3 heteroatoms. The van der Waals surface area contributed by atoms with E-state index in [2.05, 4.69) is 30.3 Å². The minimum atomic E-state index is -0.245. The Morgan fingerprint density at radius 2 is 1.88 bits per heavy atom. The molecule has 1 aliphatic heterocycles. The molecule has 1 spiro atoms. The van der Waals surface area contributed by atoms with E-state index in [1.165, 1.54) is 17.7 Å². The van der Waals surface area contributed by atoms with Crippen LogP contribution in [-0.4, -0.2) is 24.3 Å². The molecule has 0 radical (unpaired) electrons. The molecule has 3 rings (SSSR count). The van der Waals surface area contributed by atoms with Crippen LogP contribution in [-0.2, 0) is 9.47 Å². The van der Waals surface area contributed by atoms with Gasteiger partial charge in [0.15, 0.2) is 5.79 Å². The average molecular weight is 250 g/mol. The lowest BCUT2D eigenvalue weighted by Crippen LogP contribution is -2.37. The summed E-state index contributed by atoms with van der Waals surface area (Å²) in [5, 5.41) is 0.629. The predicted octanol–water partition coefficient (Wildman–Crippen LogP) is 3.46. The van der Waals surface area contributed by atoms with Gasteiger partial charge in [0.25, 0.3) is 0 Å². The second kappa shape index (κ2) is 5.01. The molecule has 0 bridgehead atoms. The summed E-state index contributed by atoms with van der Waals surface area (Å²) in [5.41, 5.74) is 0. The van der Waals surface area contributed by atoms with E-state index in [4.69, 9.17) is 9.47 Å². The first-order valence-corrected chi connectivity index (χ1v) is 7.24. The van der Waals surface area contributed by atoms with Crippen molar-refractivity contribution in [3.05, 3.63) is 30.3 Å². The van der Waals surface area contributed by atoms with Crippen LogP contribution in [0.3, 0.4) is 0 Å². The van der Waals surface area contributed by atoms with Crippen LogP contribution in [0, 0.1) is 0 Å². The molecule has 0 N–H and O–H groups in total. The van der Waals surface area contributed by atoms with Crippen LogP contribution in [0.1, 0.15) is 25.7 Å². The molecule has 1 aromatic carbocycles. The van der Waals surface area contributed by atoms with Crippen LogP contribution in [0.25, 0.3) is 0 Å². The molecular weight excluding hydrogens is 232 g/mol. The zero-order valence-corrected chi connectivity index (χ0v) is 10.7. The zero-order valence-electron chi connectivity index (χ0n) is 9.93. The first-order chi connectivity index (χ1) is 8.36. The second-order valence-corrected chi connectivity index (χ2v) is 6.13. The van der Waals surface area contributed by atoms with Crippen LogP contribution in [0.4, 0.5) is 0 Å². The second-order valence-electron chi connectivity index (χ2n) is 4.76. The van der Waals surface area contributed by atoms with Crippen molar-refractivity contribution in [1.29, 1.82) is 0 Å². The zero-order chi connectivity index (χ0) is 11.6. The van der Waals surface area contributed by atoms with Crippen molar-refractivity contribution >= 4 is 11.8 Å². The maximum atomic E-state index is 5.81. The van der Waals surface area contributed by atoms with Crippen molar-refractivity contribution in [3.8, 4) is 0 Å². The summed E-state index contributed by atoms with van der Waals surface area (Å²) in [6, 6.07) is 10.6. The van der Waals surface area contributed by atoms with Crippen molar-refractivity contribution in [3.63, 3.8) is 0 Å². The fourth-order valence-electron chi connectivity index (χ4n) is 2.70. The van der Waals surface area contributed by atoms with Crippen LogP contribution >= 0.6 is 11.8 Å². The molecule has 0 amide bonds. The lowest BCUT2D eigenvalue weighted by atomic mass is 9.94. The van der Waals surface area contributed by atoms with Crippen LogP contribution < -0.4 is 0 Å². The van der Waals surface area contributed by atoms with Crippen molar-refractivity contribution in [2.45, 2.75) is 41.6 Å². The van der Waals surface area contributed by atoms with Gasteiger partial charge in [0, 0.05) is 23.0 Å². The molecule has 1 saturated carbocycles. The van der Waals surface area contributed by atoms with Crippen molar-refractivity contribution < 1.29 is 9.47 Å². The monoisotopic (exact) mass is 250 g/mol. The third-order valence-electron chi connectivity index (χ3n) is 3.48. The highest BCUT2D eigenvalue weighted by molar-refractivity contribution is 8.00. The summed E-state index contributed by atoms with van der Waals surface area (Å²) >= 11 is 1.97. The summed E-state index contributed by atoms with van der Waals surface area (Å²) in [7, 11) is 0. The van der Waals surface area contributed by atoms with E-state index in [0.717, 1.165) is 26.1 Å². The maximum absolute atomic E-state index is 5.81. The standard InChI is InChI=1S/C14H18O2S/c1-2-5-12(6-3-1)17-13-7-4-8-14(11-13)15-9-10-16-14/h1-3,5-6,13H,4,7-11H2/t13-/m1/s1. The molecular formula is C14H18O2S. The Balaban J connectivity index is 1.64. The number of thioether (sulfide) groups is 1. The first kappa shape index (κ1) is 11.6. The van der Waals surface area contributed by atoms with Gasteiger partial charge in [-0.05, 0) is 25.0 Å². The number of ether oxygens (including phenoxy) is 2. The Morgan fingerprint density at radius 1 is 1.12 bits per heavy atom. The maximum Gasteiger partial charge on any atom is 0.169 e. The van der Waals surface area contributed by atoms with Gasteiger partial charge in [-0.2, -0.15) is 0 Å². The molecule has 1 aromatic rings. The fraction of sp³-hybridized carbons (Fsp3) is 0.571. The Morgan fingerprint density at radius 3 is 2.65 bits per heavy atom. The van der Waals surface area contributed by atoms with Gasteiger partial charge in [0.2, 0.25) is 0 Å². The summed E-state index contributed by atoms with van der Waals surface area (Å²) in [5.74, 6) is -0.245. The van der Waals surface area contributed by atoms with E-state index in [9.17, 15) is 0 Å². The average Bonchev–Trinajstić information content (AvgIpc) is 2.79. The van der Waals surface area contributed by atoms with Gasteiger partial charge < -0.3 is 9.47 Å². The Kier molecular flexibility index (Phi) is 3.41. The molecule has 2 aliphatic rings. The number of rotatable bonds is 2. The highest BCUT2D eigenvalue weighted by Gasteiger charge is 2.41. The molecule has 0 aromatic heterocycles. The summed E-state index contributed by atoms with van der Waals surface area (Å²) in [6.45, 7) is 1.53. The molecule has 17 heavy (non-hydrogen) atoms. The van der Waals surface area contributed by atoms with E-state index in [1.54, 1.807) is 0 Å². The van der Waals surface area contributed by atoms with Crippen LogP contribution in [0.2, 0.25) is 0 Å². The lowest BCUT2D eigenvalue weighted by Gasteiger charge is -2.35. The topological polar surface area (TPSA) is 18.5 Å². The Labute approximate surface area is 107 Å². The highest BCUT2D eigenvalue weighted by atomic mass is 32.2. The number of hydrogen-bond donors (Lipinski definition) is 0. The van der Waals surface area contributed by atoms with Gasteiger partial charge >= 0.3 is 0 Å². The predicted molar refractivity (Wildman–Crippen MR) is 69.2 cm³/mol. The Bertz CT molecular complexity index is 360. The lowest BCUT2D eigenvalue weighted by molar-refractivity contribution is -0.175. The molecule has 2 nitrogen and oxygen atoms in total. The van der Waals surface area contributed by atoms with Crippen LogP contribution in [0.5, 0.6) is 0 Å². The number of hydrogen-bond acceptors (Lipinski definition) is 3. The van der Waals surface area contributed by atoms with Crippen molar-refractivity contribution in [2.24, 2.45) is 0 Å².